The summed E-state index contributed by atoms with van der Waals surface area (Å²) in [5.74, 6) is -0.972. The maximum absolute atomic E-state index is 13.2. The highest BCUT2D eigenvalue weighted by Crippen LogP contribution is 2.31. The van der Waals surface area contributed by atoms with E-state index in [9.17, 15) is 30.8 Å². The molecular formula is C24H20F4N2O5S. The molecule has 1 heterocycles. The fourth-order valence-electron chi connectivity index (χ4n) is 3.61. The third-order valence-corrected chi connectivity index (χ3v) is 6.81. The number of carbonyl (C=O) groups excluding carboxylic acids is 1. The van der Waals surface area contributed by atoms with Gasteiger partial charge < -0.3 is 14.4 Å². The van der Waals surface area contributed by atoms with Gasteiger partial charge in [-0.1, -0.05) is 18.2 Å². The van der Waals surface area contributed by atoms with Crippen LogP contribution in [0, 0.1) is 5.82 Å². The summed E-state index contributed by atoms with van der Waals surface area (Å²) in [6.45, 7) is 0.369. The monoisotopic (exact) mass is 524 g/mol. The summed E-state index contributed by atoms with van der Waals surface area (Å²) < 4.78 is 87.0. The molecule has 4 rings (SSSR count). The Bertz CT molecular complexity index is 1340. The number of amides is 1. The van der Waals surface area contributed by atoms with Gasteiger partial charge in [0.15, 0.2) is 0 Å². The summed E-state index contributed by atoms with van der Waals surface area (Å²) in [7, 11) is -3.89. The highest BCUT2D eigenvalue weighted by molar-refractivity contribution is 7.89. The summed E-state index contributed by atoms with van der Waals surface area (Å²) in [5.41, 5.74) is 1.37. The number of nitrogens with zero attached hydrogens (tertiary/aromatic N) is 1. The summed E-state index contributed by atoms with van der Waals surface area (Å²) >= 11 is 0. The molecule has 1 aliphatic heterocycles. The molecule has 1 aliphatic rings. The van der Waals surface area contributed by atoms with E-state index in [4.69, 9.17) is 4.74 Å². The van der Waals surface area contributed by atoms with Gasteiger partial charge in [-0.3, -0.25) is 4.79 Å². The van der Waals surface area contributed by atoms with Crippen molar-refractivity contribution in [1.29, 1.82) is 0 Å². The van der Waals surface area contributed by atoms with E-state index < -0.39 is 22.2 Å². The SMILES string of the molecule is O=C1c2cc(-c3ccc(OC(F)(F)F)cc3)ccc2OCCN1CCNS(=O)(=O)c1ccc(F)cc1. The number of benzene rings is 3. The number of sulfonamides is 1. The number of fused-ring (bicyclic) bond motifs is 1. The van der Waals surface area contributed by atoms with Gasteiger partial charge in [-0.2, -0.15) is 0 Å². The predicted octanol–water partition coefficient (Wildman–Crippen LogP) is 4.20. The molecule has 0 saturated heterocycles. The number of hydrogen-bond acceptors (Lipinski definition) is 5. The Labute approximate surface area is 204 Å². The molecule has 1 amide bonds. The highest BCUT2D eigenvalue weighted by atomic mass is 32.2. The van der Waals surface area contributed by atoms with Crippen LogP contribution >= 0.6 is 0 Å². The number of nitrogens with one attached hydrogen (secondary N) is 1. The minimum atomic E-state index is -4.80. The van der Waals surface area contributed by atoms with Gasteiger partial charge >= 0.3 is 6.36 Å². The largest absolute Gasteiger partial charge is 0.573 e. The van der Waals surface area contributed by atoms with Gasteiger partial charge in [0.2, 0.25) is 10.0 Å². The predicted molar refractivity (Wildman–Crippen MR) is 122 cm³/mol. The van der Waals surface area contributed by atoms with Gasteiger partial charge in [0.1, 0.15) is 23.9 Å². The first-order chi connectivity index (χ1) is 17.0. The molecule has 0 radical (unpaired) electrons. The molecular weight excluding hydrogens is 504 g/mol. The van der Waals surface area contributed by atoms with Crippen molar-refractivity contribution in [1.82, 2.24) is 9.62 Å². The molecule has 0 aromatic heterocycles. The lowest BCUT2D eigenvalue weighted by Gasteiger charge is -2.20. The molecule has 0 fully saturated rings. The molecule has 7 nitrogen and oxygen atoms in total. The fraction of sp³-hybridized carbons (Fsp3) is 0.208. The molecule has 0 saturated carbocycles. The molecule has 3 aromatic carbocycles. The Morgan fingerprint density at radius 3 is 2.31 bits per heavy atom. The Morgan fingerprint density at radius 2 is 1.64 bits per heavy atom. The lowest BCUT2D eigenvalue weighted by molar-refractivity contribution is -0.274. The van der Waals surface area contributed by atoms with Crippen LogP contribution in [0.2, 0.25) is 0 Å². The van der Waals surface area contributed by atoms with Crippen LogP contribution in [-0.4, -0.2) is 51.8 Å². The zero-order chi connectivity index (χ0) is 25.9. The smallest absolute Gasteiger partial charge is 0.491 e. The first-order valence-electron chi connectivity index (χ1n) is 10.7. The Balaban J connectivity index is 1.46. The van der Waals surface area contributed by atoms with Gasteiger partial charge in [-0.05, 0) is 59.7 Å². The molecule has 0 aliphatic carbocycles. The third-order valence-electron chi connectivity index (χ3n) is 5.33. The van der Waals surface area contributed by atoms with E-state index in [1.165, 1.54) is 29.2 Å². The lowest BCUT2D eigenvalue weighted by Crippen LogP contribution is -2.39. The molecule has 190 valence electrons. The maximum atomic E-state index is 13.2. The highest BCUT2D eigenvalue weighted by Gasteiger charge is 2.31. The second kappa shape index (κ2) is 10.2. The van der Waals surface area contributed by atoms with Crippen molar-refractivity contribution < 1.29 is 40.2 Å². The molecule has 1 N–H and O–H groups in total. The Morgan fingerprint density at radius 1 is 0.972 bits per heavy atom. The van der Waals surface area contributed by atoms with Crippen molar-refractivity contribution in [2.75, 3.05) is 26.2 Å². The molecule has 0 spiro atoms. The number of halogens is 4. The maximum Gasteiger partial charge on any atom is 0.573 e. The van der Waals surface area contributed by atoms with E-state index in [1.54, 1.807) is 18.2 Å². The van der Waals surface area contributed by atoms with Crippen LogP contribution in [0.1, 0.15) is 10.4 Å². The van der Waals surface area contributed by atoms with E-state index in [0.29, 0.717) is 16.9 Å². The van der Waals surface area contributed by atoms with Crippen molar-refractivity contribution in [3.05, 3.63) is 78.1 Å². The van der Waals surface area contributed by atoms with Gasteiger partial charge in [0.25, 0.3) is 5.91 Å². The number of alkyl halides is 3. The van der Waals surface area contributed by atoms with Gasteiger partial charge in [-0.15, -0.1) is 13.2 Å². The van der Waals surface area contributed by atoms with E-state index in [0.717, 1.165) is 24.3 Å². The molecule has 3 aromatic rings. The van der Waals surface area contributed by atoms with Crippen molar-refractivity contribution in [2.24, 2.45) is 0 Å². The number of hydrogen-bond donors (Lipinski definition) is 1. The standard InChI is InChI=1S/C24H20F4N2O5S/c25-18-4-8-20(9-5-18)36(32,33)29-11-12-30-13-14-34-22-10-3-17(15-21(22)23(30)31)16-1-6-19(7-2-16)35-24(26,27)28/h1-10,15,29H,11-14H2. The van der Waals surface area contributed by atoms with Crippen LogP contribution in [0.15, 0.2) is 71.6 Å². The first kappa shape index (κ1) is 25.5. The minimum Gasteiger partial charge on any atom is -0.491 e. The molecule has 0 unspecified atom stereocenters. The van der Waals surface area contributed by atoms with E-state index >= 15 is 0 Å². The van der Waals surface area contributed by atoms with Gasteiger partial charge in [0.05, 0.1) is 17.0 Å². The number of ether oxygens (including phenoxy) is 2. The fourth-order valence-corrected chi connectivity index (χ4v) is 4.64. The Hall–Kier alpha value is -3.64. The normalized spacial score (nSPS) is 14.1. The van der Waals surface area contributed by atoms with E-state index in [2.05, 4.69) is 9.46 Å². The molecule has 0 atom stereocenters. The minimum absolute atomic E-state index is 0.0514. The van der Waals surface area contributed by atoms with Crippen molar-refractivity contribution >= 4 is 15.9 Å². The van der Waals surface area contributed by atoms with Gasteiger partial charge in [0, 0.05) is 13.1 Å². The van der Waals surface area contributed by atoms with Crippen LogP contribution in [0.5, 0.6) is 11.5 Å². The average Bonchev–Trinajstić information content (AvgIpc) is 2.97. The molecule has 36 heavy (non-hydrogen) atoms. The first-order valence-corrected chi connectivity index (χ1v) is 12.2. The van der Waals surface area contributed by atoms with Crippen LogP contribution in [-0.2, 0) is 10.0 Å². The zero-order valence-electron chi connectivity index (χ0n) is 18.6. The molecule has 12 heteroatoms. The van der Waals surface area contributed by atoms with E-state index in [-0.39, 0.29) is 48.4 Å². The summed E-state index contributed by atoms with van der Waals surface area (Å²) in [6, 6.07) is 14.4. The summed E-state index contributed by atoms with van der Waals surface area (Å²) in [6.07, 6.45) is -4.80. The summed E-state index contributed by atoms with van der Waals surface area (Å²) in [4.78, 5) is 14.5. The lowest BCUT2D eigenvalue weighted by atomic mass is 10.0. The van der Waals surface area contributed by atoms with Crippen LogP contribution in [0.25, 0.3) is 11.1 Å². The van der Waals surface area contributed by atoms with Crippen LogP contribution < -0.4 is 14.2 Å². The van der Waals surface area contributed by atoms with E-state index in [1.807, 2.05) is 0 Å². The topological polar surface area (TPSA) is 84.9 Å². The molecule has 0 bridgehead atoms. The third kappa shape index (κ3) is 6.13. The zero-order valence-corrected chi connectivity index (χ0v) is 19.4. The van der Waals surface area contributed by atoms with Crippen molar-refractivity contribution in [3.8, 4) is 22.6 Å². The Kier molecular flexibility index (Phi) is 7.18. The second-order valence-electron chi connectivity index (χ2n) is 7.78. The van der Waals surface area contributed by atoms with Crippen molar-refractivity contribution in [2.45, 2.75) is 11.3 Å². The average molecular weight is 524 g/mol. The quantitative estimate of drug-likeness (QED) is 0.469. The van der Waals surface area contributed by atoms with Crippen LogP contribution in [0.3, 0.4) is 0 Å². The summed E-state index contributed by atoms with van der Waals surface area (Å²) in [5, 5.41) is 0. The number of carbonyl (C=O) groups is 1. The second-order valence-corrected chi connectivity index (χ2v) is 9.54. The van der Waals surface area contributed by atoms with Crippen LogP contribution in [0.4, 0.5) is 17.6 Å². The number of rotatable bonds is 7. The van der Waals surface area contributed by atoms with Gasteiger partial charge in [-0.25, -0.2) is 17.5 Å². The van der Waals surface area contributed by atoms with Crippen molar-refractivity contribution in [3.63, 3.8) is 0 Å².